The minimum atomic E-state index is -0.720. The molecule has 2 aromatic carbocycles. The SMILES string of the molecule is CCCCCc1ccccc1NC(=O)N1CC(CC)Oc2cc(-c3ccc(OC4CCC(C(=O)O)CC4)nc3)ccc21. The first-order chi connectivity index (χ1) is 20.4. The lowest BCUT2D eigenvalue weighted by Crippen LogP contribution is -2.45. The predicted molar refractivity (Wildman–Crippen MR) is 164 cm³/mol. The number of anilines is 2. The van der Waals surface area contributed by atoms with Gasteiger partial charge in [-0.05, 0) is 80.3 Å². The van der Waals surface area contributed by atoms with Crippen molar-refractivity contribution in [2.45, 2.75) is 83.8 Å². The first kappa shape index (κ1) is 29.4. The van der Waals surface area contributed by atoms with Crippen molar-refractivity contribution < 1.29 is 24.2 Å². The highest BCUT2D eigenvalue weighted by molar-refractivity contribution is 6.03. The molecule has 1 aromatic heterocycles. The highest BCUT2D eigenvalue weighted by Gasteiger charge is 2.30. The summed E-state index contributed by atoms with van der Waals surface area (Å²) in [6.45, 7) is 4.74. The number of para-hydroxylation sites is 1. The van der Waals surface area contributed by atoms with E-state index in [1.807, 2.05) is 48.5 Å². The van der Waals surface area contributed by atoms with Crippen LogP contribution in [-0.4, -0.2) is 40.8 Å². The number of aliphatic carboxylic acids is 1. The van der Waals surface area contributed by atoms with Crippen molar-refractivity contribution in [2.24, 2.45) is 5.92 Å². The van der Waals surface area contributed by atoms with E-state index in [1.54, 1.807) is 11.1 Å². The molecule has 8 nitrogen and oxygen atoms in total. The summed E-state index contributed by atoms with van der Waals surface area (Å²) in [5.41, 5.74) is 4.61. The van der Waals surface area contributed by atoms with Gasteiger partial charge in [0.1, 0.15) is 18.0 Å². The maximum Gasteiger partial charge on any atom is 0.326 e. The molecule has 1 aliphatic heterocycles. The van der Waals surface area contributed by atoms with Crippen molar-refractivity contribution in [3.8, 4) is 22.8 Å². The monoisotopic (exact) mass is 571 g/mol. The number of carboxylic acid groups (broad SMARTS) is 1. The zero-order valence-corrected chi connectivity index (χ0v) is 24.6. The Hall–Kier alpha value is -4.07. The van der Waals surface area contributed by atoms with E-state index in [-0.39, 0.29) is 24.2 Å². The molecule has 1 atom stereocenters. The fourth-order valence-corrected chi connectivity index (χ4v) is 5.76. The Bertz CT molecular complexity index is 1370. The summed E-state index contributed by atoms with van der Waals surface area (Å²) in [7, 11) is 0. The van der Waals surface area contributed by atoms with Crippen molar-refractivity contribution in [3.05, 3.63) is 66.4 Å². The van der Waals surface area contributed by atoms with Gasteiger partial charge < -0.3 is 19.9 Å². The molecule has 3 aromatic rings. The first-order valence-electron chi connectivity index (χ1n) is 15.3. The predicted octanol–water partition coefficient (Wildman–Crippen LogP) is 7.71. The van der Waals surface area contributed by atoms with Crippen LogP contribution in [0.15, 0.2) is 60.8 Å². The molecule has 2 heterocycles. The minimum absolute atomic E-state index is 0.0116. The Kier molecular flexibility index (Phi) is 9.62. The summed E-state index contributed by atoms with van der Waals surface area (Å²) in [4.78, 5) is 31.1. The number of fused-ring (bicyclic) bond motifs is 1. The molecule has 2 amide bonds. The van der Waals surface area contributed by atoms with Gasteiger partial charge in [0, 0.05) is 23.5 Å². The number of carbonyl (C=O) groups excluding carboxylic acids is 1. The molecular weight excluding hydrogens is 530 g/mol. The van der Waals surface area contributed by atoms with Gasteiger partial charge in [-0.1, -0.05) is 51.0 Å². The Labute approximate surface area is 248 Å². The molecule has 1 unspecified atom stereocenters. The molecule has 1 aliphatic carbocycles. The molecule has 1 saturated carbocycles. The number of ether oxygens (including phenoxy) is 2. The molecule has 222 valence electrons. The Morgan fingerprint density at radius 1 is 1.02 bits per heavy atom. The molecule has 1 fully saturated rings. The number of urea groups is 1. The van der Waals surface area contributed by atoms with Gasteiger partial charge in [0.25, 0.3) is 0 Å². The third-order valence-corrected chi connectivity index (χ3v) is 8.32. The zero-order chi connectivity index (χ0) is 29.5. The van der Waals surface area contributed by atoms with Gasteiger partial charge in [-0.25, -0.2) is 9.78 Å². The van der Waals surface area contributed by atoms with Crippen LogP contribution in [0.2, 0.25) is 0 Å². The van der Waals surface area contributed by atoms with Crippen LogP contribution >= 0.6 is 0 Å². The fraction of sp³-hybridized carbons (Fsp3) is 0.441. The lowest BCUT2D eigenvalue weighted by Gasteiger charge is -2.35. The van der Waals surface area contributed by atoms with Crippen LogP contribution in [0.5, 0.6) is 11.6 Å². The topological polar surface area (TPSA) is 101 Å². The van der Waals surface area contributed by atoms with E-state index in [2.05, 4.69) is 30.2 Å². The molecule has 8 heteroatoms. The van der Waals surface area contributed by atoms with Crippen LogP contribution in [0.1, 0.15) is 70.8 Å². The van der Waals surface area contributed by atoms with Crippen LogP contribution in [0.25, 0.3) is 11.1 Å². The summed E-state index contributed by atoms with van der Waals surface area (Å²) in [6, 6.07) is 17.6. The highest BCUT2D eigenvalue weighted by Crippen LogP contribution is 2.38. The molecule has 0 saturated heterocycles. The zero-order valence-electron chi connectivity index (χ0n) is 24.6. The summed E-state index contributed by atoms with van der Waals surface area (Å²) in [6.07, 6.45) is 9.50. The minimum Gasteiger partial charge on any atom is -0.486 e. The molecule has 2 aliphatic rings. The standard InChI is InChI=1S/C34H41N3O5/c1-3-5-6-9-23-10-7-8-11-29(23)36-34(40)37-22-27(4-2)41-31-20-25(14-18-30(31)37)26-15-19-32(35-21-26)42-28-16-12-24(13-17-28)33(38)39/h7-8,10-11,14-15,18-21,24,27-28H,3-6,9,12-13,16-17,22H2,1-2H3,(H,36,40)(H,38,39). The van der Waals surface area contributed by atoms with Gasteiger partial charge in [0.15, 0.2) is 0 Å². The number of carboxylic acids is 1. The second-order valence-corrected chi connectivity index (χ2v) is 11.3. The quantitative estimate of drug-likeness (QED) is 0.242. The second-order valence-electron chi connectivity index (χ2n) is 11.3. The van der Waals surface area contributed by atoms with Gasteiger partial charge in [0.05, 0.1) is 18.2 Å². The molecular formula is C34H41N3O5. The largest absolute Gasteiger partial charge is 0.486 e. The normalized spacial score (nSPS) is 19.9. The lowest BCUT2D eigenvalue weighted by atomic mass is 9.87. The molecule has 0 bridgehead atoms. The number of nitrogens with zero attached hydrogens (tertiary/aromatic N) is 2. The number of benzene rings is 2. The number of hydrogen-bond acceptors (Lipinski definition) is 5. The van der Waals surface area contributed by atoms with Gasteiger partial charge in [-0.3, -0.25) is 9.69 Å². The molecule has 0 spiro atoms. The highest BCUT2D eigenvalue weighted by atomic mass is 16.5. The average molecular weight is 572 g/mol. The van der Waals surface area contributed by atoms with Crippen LogP contribution in [0.3, 0.4) is 0 Å². The van der Waals surface area contributed by atoms with E-state index in [4.69, 9.17) is 9.47 Å². The second kappa shape index (κ2) is 13.7. The van der Waals surface area contributed by atoms with Crippen LogP contribution in [-0.2, 0) is 11.2 Å². The van der Waals surface area contributed by atoms with Crippen molar-refractivity contribution >= 4 is 23.4 Å². The van der Waals surface area contributed by atoms with Crippen molar-refractivity contribution in [1.29, 1.82) is 0 Å². The Morgan fingerprint density at radius 2 is 1.81 bits per heavy atom. The van der Waals surface area contributed by atoms with Crippen LogP contribution in [0, 0.1) is 5.92 Å². The number of aromatic nitrogens is 1. The summed E-state index contributed by atoms with van der Waals surface area (Å²) >= 11 is 0. The lowest BCUT2D eigenvalue weighted by molar-refractivity contribution is -0.143. The van der Waals surface area contributed by atoms with E-state index in [0.717, 1.165) is 66.6 Å². The number of pyridine rings is 1. The maximum absolute atomic E-state index is 13.6. The van der Waals surface area contributed by atoms with E-state index >= 15 is 0 Å². The number of nitrogens with one attached hydrogen (secondary N) is 1. The van der Waals surface area contributed by atoms with E-state index in [1.165, 1.54) is 6.42 Å². The van der Waals surface area contributed by atoms with E-state index < -0.39 is 5.97 Å². The molecule has 5 rings (SSSR count). The Balaban J connectivity index is 1.28. The summed E-state index contributed by atoms with van der Waals surface area (Å²) < 4.78 is 12.3. The Morgan fingerprint density at radius 3 is 2.52 bits per heavy atom. The van der Waals surface area contributed by atoms with Crippen LogP contribution in [0.4, 0.5) is 16.2 Å². The van der Waals surface area contributed by atoms with E-state index in [0.29, 0.717) is 31.0 Å². The van der Waals surface area contributed by atoms with Crippen LogP contribution < -0.4 is 19.7 Å². The third-order valence-electron chi connectivity index (χ3n) is 8.32. The summed E-state index contributed by atoms with van der Waals surface area (Å²) in [5, 5.41) is 12.4. The number of unbranched alkanes of at least 4 members (excludes halogenated alkanes) is 2. The number of rotatable bonds is 10. The number of hydrogen-bond donors (Lipinski definition) is 2. The number of aryl methyl sites for hydroxylation is 1. The smallest absolute Gasteiger partial charge is 0.326 e. The molecule has 0 radical (unpaired) electrons. The molecule has 2 N–H and O–H groups in total. The van der Waals surface area contributed by atoms with Gasteiger partial charge >= 0.3 is 12.0 Å². The molecule has 42 heavy (non-hydrogen) atoms. The van der Waals surface area contributed by atoms with Crippen molar-refractivity contribution in [2.75, 3.05) is 16.8 Å². The number of carbonyl (C=O) groups is 2. The number of amides is 2. The maximum atomic E-state index is 13.6. The van der Waals surface area contributed by atoms with Gasteiger partial charge in [-0.2, -0.15) is 0 Å². The fourth-order valence-electron chi connectivity index (χ4n) is 5.76. The van der Waals surface area contributed by atoms with Crippen molar-refractivity contribution in [3.63, 3.8) is 0 Å². The van der Waals surface area contributed by atoms with Gasteiger partial charge in [-0.15, -0.1) is 0 Å². The third kappa shape index (κ3) is 7.04. The first-order valence-corrected chi connectivity index (χ1v) is 15.3. The average Bonchev–Trinajstić information content (AvgIpc) is 3.01. The van der Waals surface area contributed by atoms with Gasteiger partial charge in [0.2, 0.25) is 5.88 Å². The summed E-state index contributed by atoms with van der Waals surface area (Å²) in [5.74, 6) is 0.220. The van der Waals surface area contributed by atoms with E-state index in [9.17, 15) is 14.7 Å². The van der Waals surface area contributed by atoms with Crippen molar-refractivity contribution in [1.82, 2.24) is 4.98 Å².